The van der Waals surface area contributed by atoms with Crippen LogP contribution in [0, 0.1) is 0 Å². The summed E-state index contributed by atoms with van der Waals surface area (Å²) in [4.78, 5) is 0.361. The molecule has 0 unspecified atom stereocenters. The number of rotatable bonds is 0. The molecular weight excluding hydrogens is 592 g/mol. The summed E-state index contributed by atoms with van der Waals surface area (Å²) in [7, 11) is 0. The molecular formula is C17H14F12O2Te. The molecule has 2 heterocycles. The van der Waals surface area contributed by atoms with Crippen LogP contribution in [0.4, 0.5) is 52.7 Å². The number of benzene rings is 1. The van der Waals surface area contributed by atoms with E-state index < -0.39 is 80.6 Å². The average Bonchev–Trinajstić information content (AvgIpc) is 2.95. The first kappa shape index (κ1) is 25.7. The zero-order chi connectivity index (χ0) is 25.1. The molecule has 0 spiro atoms. The second-order valence-corrected chi connectivity index (χ2v) is 15.0. The minimum absolute atomic E-state index is 0.323. The van der Waals surface area contributed by atoms with E-state index in [1.165, 1.54) is 20.8 Å². The predicted octanol–water partition coefficient (Wildman–Crippen LogP) is 5.96. The van der Waals surface area contributed by atoms with Crippen molar-refractivity contribution in [3.63, 3.8) is 0 Å². The summed E-state index contributed by atoms with van der Waals surface area (Å²) < 4.78 is 173. The molecule has 1 aromatic rings. The summed E-state index contributed by atoms with van der Waals surface area (Å²) in [6.45, 7) is 3.62. The van der Waals surface area contributed by atoms with E-state index >= 15 is 0 Å². The van der Waals surface area contributed by atoms with E-state index in [4.69, 9.17) is 0 Å². The first-order valence-corrected chi connectivity index (χ1v) is 13.9. The van der Waals surface area contributed by atoms with E-state index in [-0.39, 0.29) is 0 Å². The van der Waals surface area contributed by atoms with E-state index in [0.717, 1.165) is 0 Å². The third kappa shape index (κ3) is 3.03. The third-order valence-electron chi connectivity index (χ3n) is 5.25. The van der Waals surface area contributed by atoms with E-state index in [1.807, 2.05) is 0 Å². The number of alkyl halides is 12. The summed E-state index contributed by atoms with van der Waals surface area (Å²) in [5.41, 5.74) is -15.9. The van der Waals surface area contributed by atoms with Gasteiger partial charge in [-0.3, -0.25) is 0 Å². The molecule has 0 fully saturated rings. The molecule has 15 heteroatoms. The fourth-order valence-corrected chi connectivity index (χ4v) is 12.1. The van der Waals surface area contributed by atoms with Gasteiger partial charge in [0, 0.05) is 0 Å². The molecule has 2 aliphatic heterocycles. The molecule has 184 valence electrons. The van der Waals surface area contributed by atoms with Crippen LogP contribution < -0.4 is 3.61 Å². The molecule has 0 aromatic heterocycles. The van der Waals surface area contributed by atoms with Gasteiger partial charge in [-0.1, -0.05) is 0 Å². The molecule has 32 heavy (non-hydrogen) atoms. The molecule has 0 bridgehead atoms. The molecule has 0 N–H and O–H groups in total. The Labute approximate surface area is 177 Å². The number of halogens is 12. The Kier molecular flexibility index (Phi) is 5.14. The zero-order valence-electron chi connectivity index (χ0n) is 16.4. The van der Waals surface area contributed by atoms with Crippen molar-refractivity contribution >= 4 is 22.6 Å². The second-order valence-electron chi connectivity index (χ2n) is 8.44. The van der Waals surface area contributed by atoms with Gasteiger partial charge in [0.2, 0.25) is 0 Å². The minimum atomic E-state index is -6.26. The molecule has 0 atom stereocenters. The van der Waals surface area contributed by atoms with E-state index in [9.17, 15) is 52.7 Å². The first-order valence-electron chi connectivity index (χ1n) is 8.53. The fraction of sp³-hybridized carbons (Fsp3) is 0.647. The van der Waals surface area contributed by atoms with Crippen molar-refractivity contribution in [3.8, 4) is 0 Å². The Morgan fingerprint density at radius 2 is 0.906 bits per heavy atom. The van der Waals surface area contributed by atoms with Crippen molar-refractivity contribution in [1.82, 2.24) is 0 Å². The molecule has 0 aliphatic carbocycles. The average molecular weight is 606 g/mol. The second kappa shape index (κ2) is 6.40. The van der Waals surface area contributed by atoms with Crippen LogP contribution in [0.5, 0.6) is 0 Å². The topological polar surface area (TPSA) is 18.5 Å². The predicted molar refractivity (Wildman–Crippen MR) is 86.1 cm³/mol. The van der Waals surface area contributed by atoms with Crippen LogP contribution in [-0.2, 0) is 22.8 Å². The van der Waals surface area contributed by atoms with Gasteiger partial charge in [0.05, 0.1) is 0 Å². The van der Waals surface area contributed by atoms with Crippen molar-refractivity contribution < 1.29 is 58.9 Å². The Hall–Kier alpha value is -0.910. The molecule has 2 aliphatic rings. The SMILES string of the molecule is CC(C)(C)c1cc2c3c(c1)C(C(F)(F)F)(C(F)(F)F)O[Te]3(C)OC2(C(F)(F)F)C(F)(F)F. The van der Waals surface area contributed by atoms with Crippen LogP contribution in [0.3, 0.4) is 0 Å². The molecule has 0 saturated carbocycles. The summed E-state index contributed by atoms with van der Waals surface area (Å²) in [6.07, 6.45) is -25.0. The number of hydrogen-bond acceptors (Lipinski definition) is 2. The number of hydrogen-bond donors (Lipinski definition) is 0. The van der Waals surface area contributed by atoms with Crippen LogP contribution in [0.1, 0.15) is 37.5 Å². The fourth-order valence-electron chi connectivity index (χ4n) is 3.77. The van der Waals surface area contributed by atoms with Gasteiger partial charge in [0.15, 0.2) is 0 Å². The van der Waals surface area contributed by atoms with Gasteiger partial charge in [-0.25, -0.2) is 0 Å². The maximum atomic E-state index is 13.9. The van der Waals surface area contributed by atoms with Crippen LogP contribution in [0.15, 0.2) is 12.1 Å². The first-order chi connectivity index (χ1) is 13.9. The Bertz CT molecular complexity index is 858. The van der Waals surface area contributed by atoms with Gasteiger partial charge in [0.25, 0.3) is 0 Å². The summed E-state index contributed by atoms with van der Waals surface area (Å²) >= 11 is -6.26. The van der Waals surface area contributed by atoms with Crippen LogP contribution in [0.2, 0.25) is 4.97 Å². The Morgan fingerprint density at radius 3 is 1.12 bits per heavy atom. The van der Waals surface area contributed by atoms with Gasteiger partial charge >= 0.3 is 177 Å². The van der Waals surface area contributed by atoms with Gasteiger partial charge in [0.1, 0.15) is 0 Å². The van der Waals surface area contributed by atoms with Crippen molar-refractivity contribution in [3.05, 3.63) is 28.8 Å². The van der Waals surface area contributed by atoms with Crippen molar-refractivity contribution in [2.75, 3.05) is 0 Å². The van der Waals surface area contributed by atoms with Crippen LogP contribution in [0.25, 0.3) is 0 Å². The van der Waals surface area contributed by atoms with E-state index in [1.54, 1.807) is 0 Å². The molecule has 0 radical (unpaired) electrons. The summed E-state index contributed by atoms with van der Waals surface area (Å²) in [5.74, 6) is 0. The van der Waals surface area contributed by atoms with Crippen LogP contribution >= 0.6 is 0 Å². The molecule has 3 rings (SSSR count). The Morgan fingerprint density at radius 1 is 0.625 bits per heavy atom. The van der Waals surface area contributed by atoms with Crippen molar-refractivity contribution in [1.29, 1.82) is 0 Å². The van der Waals surface area contributed by atoms with Crippen molar-refractivity contribution in [2.24, 2.45) is 0 Å². The Balaban J connectivity index is 2.60. The molecule has 1 aromatic carbocycles. The molecule has 2 nitrogen and oxygen atoms in total. The zero-order valence-corrected chi connectivity index (χ0v) is 18.7. The third-order valence-corrected chi connectivity index (χ3v) is 11.9. The van der Waals surface area contributed by atoms with E-state index in [0.29, 0.717) is 17.1 Å². The van der Waals surface area contributed by atoms with E-state index in [2.05, 4.69) is 6.20 Å². The van der Waals surface area contributed by atoms with Crippen LogP contribution in [-0.4, -0.2) is 43.7 Å². The van der Waals surface area contributed by atoms with Gasteiger partial charge in [-0.05, 0) is 0 Å². The van der Waals surface area contributed by atoms with Crippen molar-refractivity contribution in [2.45, 2.75) is 67.1 Å². The van der Waals surface area contributed by atoms with Gasteiger partial charge in [-0.15, -0.1) is 0 Å². The molecule has 0 amide bonds. The maximum absolute atomic E-state index is 13.9. The quantitative estimate of drug-likeness (QED) is 0.268. The van der Waals surface area contributed by atoms with Gasteiger partial charge in [-0.2, -0.15) is 0 Å². The monoisotopic (exact) mass is 608 g/mol. The van der Waals surface area contributed by atoms with Gasteiger partial charge < -0.3 is 0 Å². The standard InChI is InChI=1S/C17H14F12O2Te/c1-11(2,3)7-5-8-10-9(6-7)13(16(24,25)26,17(27,28)29)31-32(10,4)30-12(8,14(18,19)20)15(21,22)23/h5-6H,1-4H3. The normalized spacial score (nSPS) is 23.2. The molecule has 0 saturated heterocycles. The summed E-state index contributed by atoms with van der Waals surface area (Å²) in [6, 6.07) is 0.645. The summed E-state index contributed by atoms with van der Waals surface area (Å²) in [5, 5.41) is 0.